The van der Waals surface area contributed by atoms with Crippen LogP contribution in [0.2, 0.25) is 10.0 Å². The van der Waals surface area contributed by atoms with E-state index < -0.39 is 0 Å². The minimum absolute atomic E-state index is 0.0561. The van der Waals surface area contributed by atoms with Crippen molar-refractivity contribution in [1.29, 1.82) is 0 Å². The van der Waals surface area contributed by atoms with E-state index in [2.05, 4.69) is 0 Å². The smallest absolute Gasteiger partial charge is 0.127 e. The lowest BCUT2D eigenvalue weighted by Crippen LogP contribution is -2.30. The van der Waals surface area contributed by atoms with E-state index in [1.165, 1.54) is 6.07 Å². The van der Waals surface area contributed by atoms with Gasteiger partial charge in [0.1, 0.15) is 5.82 Å². The standard InChI is InChI=1S/C16H17Cl2FN2/c1-21(10-12-4-2-3-5-15(12)19)16(9-20)11-6-7-13(17)14(18)8-11/h2-8,16H,9-10,20H2,1H3. The van der Waals surface area contributed by atoms with Crippen molar-refractivity contribution in [1.82, 2.24) is 4.90 Å². The van der Waals surface area contributed by atoms with Gasteiger partial charge in [-0.3, -0.25) is 4.90 Å². The molecule has 0 fully saturated rings. The molecule has 0 aliphatic heterocycles. The summed E-state index contributed by atoms with van der Waals surface area (Å²) >= 11 is 12.0. The van der Waals surface area contributed by atoms with Gasteiger partial charge < -0.3 is 5.73 Å². The van der Waals surface area contributed by atoms with E-state index in [0.29, 0.717) is 28.7 Å². The highest BCUT2D eigenvalue weighted by Gasteiger charge is 2.17. The van der Waals surface area contributed by atoms with Gasteiger partial charge in [0, 0.05) is 24.7 Å². The van der Waals surface area contributed by atoms with Crippen molar-refractivity contribution < 1.29 is 4.39 Å². The summed E-state index contributed by atoms with van der Waals surface area (Å²) in [7, 11) is 1.91. The summed E-state index contributed by atoms with van der Waals surface area (Å²) in [6.07, 6.45) is 0. The molecule has 2 aromatic carbocycles. The Balaban J connectivity index is 2.20. The lowest BCUT2D eigenvalue weighted by atomic mass is 10.0. The first kappa shape index (κ1) is 16.2. The molecule has 2 N–H and O–H groups in total. The minimum Gasteiger partial charge on any atom is -0.329 e. The van der Waals surface area contributed by atoms with Gasteiger partial charge >= 0.3 is 0 Å². The third-order valence-electron chi connectivity index (χ3n) is 3.46. The lowest BCUT2D eigenvalue weighted by Gasteiger charge is -2.27. The van der Waals surface area contributed by atoms with Crippen molar-refractivity contribution in [3.63, 3.8) is 0 Å². The van der Waals surface area contributed by atoms with Crippen LogP contribution in [0.25, 0.3) is 0 Å². The van der Waals surface area contributed by atoms with Crippen molar-refractivity contribution in [3.8, 4) is 0 Å². The molecule has 2 nitrogen and oxygen atoms in total. The van der Waals surface area contributed by atoms with E-state index in [1.807, 2.05) is 24.1 Å². The Hall–Kier alpha value is -1.13. The second-order valence-electron chi connectivity index (χ2n) is 4.93. The molecule has 5 heteroatoms. The van der Waals surface area contributed by atoms with Gasteiger partial charge in [0.25, 0.3) is 0 Å². The molecule has 0 saturated heterocycles. The fourth-order valence-electron chi connectivity index (χ4n) is 2.30. The maximum absolute atomic E-state index is 13.7. The number of nitrogens with zero attached hydrogens (tertiary/aromatic N) is 1. The zero-order valence-corrected chi connectivity index (χ0v) is 13.2. The molecule has 2 rings (SSSR count). The summed E-state index contributed by atoms with van der Waals surface area (Å²) in [5.41, 5.74) is 7.48. The molecular weight excluding hydrogens is 310 g/mol. The highest BCUT2D eigenvalue weighted by molar-refractivity contribution is 6.42. The molecular formula is C16H17Cl2FN2. The summed E-state index contributed by atoms with van der Waals surface area (Å²) in [6, 6.07) is 12.1. The number of nitrogens with two attached hydrogens (primary N) is 1. The second-order valence-corrected chi connectivity index (χ2v) is 5.75. The van der Waals surface area contributed by atoms with E-state index in [9.17, 15) is 4.39 Å². The number of likely N-dealkylation sites (N-methyl/N-ethyl adjacent to an activating group) is 1. The Morgan fingerprint density at radius 2 is 1.86 bits per heavy atom. The molecule has 0 aromatic heterocycles. The minimum atomic E-state index is -0.214. The Morgan fingerprint density at radius 1 is 1.14 bits per heavy atom. The van der Waals surface area contributed by atoms with Crippen molar-refractivity contribution in [2.45, 2.75) is 12.6 Å². The van der Waals surface area contributed by atoms with E-state index >= 15 is 0 Å². The summed E-state index contributed by atoms with van der Waals surface area (Å²) in [5, 5.41) is 1.000. The maximum atomic E-state index is 13.7. The quantitative estimate of drug-likeness (QED) is 0.889. The van der Waals surface area contributed by atoms with Crippen LogP contribution in [0.3, 0.4) is 0 Å². The predicted molar refractivity (Wildman–Crippen MR) is 86.1 cm³/mol. The number of rotatable bonds is 5. The molecule has 0 heterocycles. The number of hydrogen-bond acceptors (Lipinski definition) is 2. The van der Waals surface area contributed by atoms with E-state index in [0.717, 1.165) is 5.56 Å². The first-order valence-electron chi connectivity index (χ1n) is 6.61. The fraction of sp³-hybridized carbons (Fsp3) is 0.250. The Kier molecular flexibility index (Phi) is 5.59. The van der Waals surface area contributed by atoms with Crippen LogP contribution in [0.15, 0.2) is 42.5 Å². The van der Waals surface area contributed by atoms with Gasteiger partial charge in [-0.05, 0) is 30.8 Å². The van der Waals surface area contributed by atoms with Crippen LogP contribution in [0.1, 0.15) is 17.2 Å². The first-order chi connectivity index (χ1) is 10.0. The number of halogens is 3. The largest absolute Gasteiger partial charge is 0.329 e. The van der Waals surface area contributed by atoms with E-state index in [-0.39, 0.29) is 11.9 Å². The average Bonchev–Trinajstić information content (AvgIpc) is 2.46. The highest BCUT2D eigenvalue weighted by atomic mass is 35.5. The SMILES string of the molecule is CN(Cc1ccccc1F)C(CN)c1ccc(Cl)c(Cl)c1. The van der Waals surface area contributed by atoms with Crippen molar-refractivity contribution >= 4 is 23.2 Å². The van der Waals surface area contributed by atoms with Crippen LogP contribution in [-0.2, 0) is 6.54 Å². The molecule has 2 aromatic rings. The monoisotopic (exact) mass is 326 g/mol. The third kappa shape index (κ3) is 3.95. The van der Waals surface area contributed by atoms with Crippen LogP contribution >= 0.6 is 23.2 Å². The van der Waals surface area contributed by atoms with E-state index in [4.69, 9.17) is 28.9 Å². The molecule has 0 bridgehead atoms. The fourth-order valence-corrected chi connectivity index (χ4v) is 2.60. The lowest BCUT2D eigenvalue weighted by molar-refractivity contribution is 0.238. The molecule has 112 valence electrons. The van der Waals surface area contributed by atoms with Crippen LogP contribution in [0.5, 0.6) is 0 Å². The van der Waals surface area contributed by atoms with E-state index in [1.54, 1.807) is 24.3 Å². The van der Waals surface area contributed by atoms with Crippen molar-refractivity contribution in [2.75, 3.05) is 13.6 Å². The third-order valence-corrected chi connectivity index (χ3v) is 4.20. The molecule has 0 spiro atoms. The molecule has 0 radical (unpaired) electrons. The van der Waals surface area contributed by atoms with Gasteiger partial charge in [0.05, 0.1) is 10.0 Å². The van der Waals surface area contributed by atoms with Crippen LogP contribution in [-0.4, -0.2) is 18.5 Å². The summed E-state index contributed by atoms with van der Waals surface area (Å²) < 4.78 is 13.7. The highest BCUT2D eigenvalue weighted by Crippen LogP contribution is 2.28. The van der Waals surface area contributed by atoms with Gasteiger partial charge in [0.15, 0.2) is 0 Å². The zero-order valence-electron chi connectivity index (χ0n) is 11.7. The van der Waals surface area contributed by atoms with Gasteiger partial charge in [-0.15, -0.1) is 0 Å². The first-order valence-corrected chi connectivity index (χ1v) is 7.37. The average molecular weight is 327 g/mol. The molecule has 0 aliphatic carbocycles. The van der Waals surface area contributed by atoms with Gasteiger partial charge in [-0.1, -0.05) is 47.5 Å². The Morgan fingerprint density at radius 3 is 2.48 bits per heavy atom. The van der Waals surface area contributed by atoms with Crippen molar-refractivity contribution in [3.05, 3.63) is 69.5 Å². The Bertz CT molecular complexity index is 619. The topological polar surface area (TPSA) is 29.3 Å². The van der Waals surface area contributed by atoms with Gasteiger partial charge in [-0.2, -0.15) is 0 Å². The van der Waals surface area contributed by atoms with Gasteiger partial charge in [-0.25, -0.2) is 4.39 Å². The molecule has 0 saturated carbocycles. The molecule has 1 atom stereocenters. The maximum Gasteiger partial charge on any atom is 0.127 e. The zero-order chi connectivity index (χ0) is 15.4. The molecule has 0 aliphatic rings. The molecule has 21 heavy (non-hydrogen) atoms. The Labute approximate surface area is 134 Å². The summed E-state index contributed by atoms with van der Waals surface area (Å²) in [4.78, 5) is 2.00. The summed E-state index contributed by atoms with van der Waals surface area (Å²) in [5.74, 6) is -0.214. The summed E-state index contributed by atoms with van der Waals surface area (Å²) in [6.45, 7) is 0.873. The molecule has 0 amide bonds. The van der Waals surface area contributed by atoms with Gasteiger partial charge in [0.2, 0.25) is 0 Å². The number of benzene rings is 2. The predicted octanol–water partition coefficient (Wildman–Crippen LogP) is 4.26. The molecule has 1 unspecified atom stereocenters. The second kappa shape index (κ2) is 7.23. The number of hydrogen-bond donors (Lipinski definition) is 1. The van der Waals surface area contributed by atoms with Crippen LogP contribution < -0.4 is 5.73 Å². The van der Waals surface area contributed by atoms with Crippen LogP contribution in [0, 0.1) is 5.82 Å². The normalized spacial score (nSPS) is 12.7. The van der Waals surface area contributed by atoms with Crippen molar-refractivity contribution in [2.24, 2.45) is 5.73 Å². The van der Waals surface area contributed by atoms with Crippen LogP contribution in [0.4, 0.5) is 4.39 Å².